The molecule has 0 aliphatic heterocycles. The Bertz CT molecular complexity index is 1090. The van der Waals surface area contributed by atoms with E-state index in [1.165, 1.54) is 6.33 Å². The van der Waals surface area contributed by atoms with Gasteiger partial charge in [-0.15, -0.1) is 0 Å². The van der Waals surface area contributed by atoms with E-state index in [0.717, 1.165) is 41.1 Å². The topological polar surface area (TPSA) is 91.8 Å². The number of rotatable bonds is 6. The number of nitrogens with zero attached hydrogens (tertiary/aromatic N) is 3. The maximum Gasteiger partial charge on any atom is 0.323 e. The van der Waals surface area contributed by atoms with Crippen molar-refractivity contribution < 1.29 is 4.79 Å². The van der Waals surface area contributed by atoms with Gasteiger partial charge in [0, 0.05) is 24.1 Å². The first kappa shape index (κ1) is 18.4. The molecule has 7 nitrogen and oxygen atoms in total. The zero-order chi connectivity index (χ0) is 19.9. The van der Waals surface area contributed by atoms with Crippen molar-refractivity contribution in [2.45, 2.75) is 6.42 Å². The van der Waals surface area contributed by atoms with Gasteiger partial charge in [-0.1, -0.05) is 30.3 Å². The van der Waals surface area contributed by atoms with Crippen molar-refractivity contribution in [3.63, 3.8) is 0 Å². The van der Waals surface area contributed by atoms with E-state index in [1.54, 1.807) is 6.20 Å². The molecular weight excluding hydrogens is 364 g/mol. The van der Waals surface area contributed by atoms with E-state index in [4.69, 9.17) is 0 Å². The van der Waals surface area contributed by atoms with Crippen LogP contribution in [0.3, 0.4) is 0 Å². The molecule has 7 heteroatoms. The zero-order valence-electron chi connectivity index (χ0n) is 15.7. The molecule has 0 aliphatic carbocycles. The summed E-state index contributed by atoms with van der Waals surface area (Å²) in [6.07, 6.45) is 4.05. The standard InChI is InChI=1S/C22H20N6O/c29-22(27-17-5-2-1-3-6-17)28-18-10-8-16(9-11-18)12-14-24-21-19-7-4-13-23-20(19)25-15-26-21/h1-11,13,15H,12,14H2,(H2,27,28,29)(H,23,24,25,26). The molecule has 144 valence electrons. The number of benzene rings is 2. The number of amides is 2. The summed E-state index contributed by atoms with van der Waals surface area (Å²) in [5, 5.41) is 9.87. The van der Waals surface area contributed by atoms with Gasteiger partial charge in [-0.3, -0.25) is 0 Å². The third-order valence-corrected chi connectivity index (χ3v) is 4.36. The molecule has 2 heterocycles. The number of carbonyl (C=O) groups excluding carboxylic acids is 1. The lowest BCUT2D eigenvalue weighted by Gasteiger charge is -2.09. The third kappa shape index (κ3) is 4.84. The van der Waals surface area contributed by atoms with E-state index in [-0.39, 0.29) is 6.03 Å². The molecule has 2 amide bonds. The average molecular weight is 384 g/mol. The SMILES string of the molecule is O=C(Nc1ccccc1)Nc1ccc(CCNc2ncnc3ncccc23)cc1. The second-order valence-electron chi connectivity index (χ2n) is 6.42. The fraction of sp³-hybridized carbons (Fsp3) is 0.0909. The Hall–Kier alpha value is -4.00. The Morgan fingerprint density at radius 3 is 2.34 bits per heavy atom. The zero-order valence-corrected chi connectivity index (χ0v) is 15.7. The molecule has 0 unspecified atom stereocenters. The van der Waals surface area contributed by atoms with Crippen LogP contribution in [0.5, 0.6) is 0 Å². The number of aromatic nitrogens is 3. The van der Waals surface area contributed by atoms with Crippen LogP contribution in [0.2, 0.25) is 0 Å². The van der Waals surface area contributed by atoms with Crippen LogP contribution in [0, 0.1) is 0 Å². The van der Waals surface area contributed by atoms with Crippen LogP contribution in [0.1, 0.15) is 5.56 Å². The van der Waals surface area contributed by atoms with Gasteiger partial charge in [0.1, 0.15) is 12.1 Å². The predicted octanol–water partition coefficient (Wildman–Crippen LogP) is 4.32. The second kappa shape index (κ2) is 8.79. The summed E-state index contributed by atoms with van der Waals surface area (Å²) in [5.74, 6) is 0.777. The minimum atomic E-state index is -0.269. The molecular formula is C22H20N6O. The maximum atomic E-state index is 12.1. The molecule has 0 saturated carbocycles. The van der Waals surface area contributed by atoms with Crippen molar-refractivity contribution in [1.29, 1.82) is 0 Å². The Kier molecular flexibility index (Phi) is 5.57. The number of nitrogens with one attached hydrogen (secondary N) is 3. The van der Waals surface area contributed by atoms with Crippen LogP contribution in [0.4, 0.5) is 22.0 Å². The molecule has 0 fully saturated rings. The number of hydrogen-bond acceptors (Lipinski definition) is 5. The summed E-state index contributed by atoms with van der Waals surface area (Å²) < 4.78 is 0. The number of urea groups is 1. The largest absolute Gasteiger partial charge is 0.369 e. The first-order valence-electron chi connectivity index (χ1n) is 9.29. The van der Waals surface area contributed by atoms with E-state index in [9.17, 15) is 4.79 Å². The molecule has 0 radical (unpaired) electrons. The van der Waals surface area contributed by atoms with Crippen molar-refractivity contribution in [2.75, 3.05) is 22.5 Å². The van der Waals surface area contributed by atoms with E-state index >= 15 is 0 Å². The van der Waals surface area contributed by atoms with Crippen LogP contribution in [0.25, 0.3) is 11.0 Å². The van der Waals surface area contributed by atoms with Crippen LogP contribution in [-0.4, -0.2) is 27.5 Å². The molecule has 0 bridgehead atoms. The maximum absolute atomic E-state index is 12.1. The first-order valence-corrected chi connectivity index (χ1v) is 9.29. The predicted molar refractivity (Wildman–Crippen MR) is 115 cm³/mol. The van der Waals surface area contributed by atoms with Crippen molar-refractivity contribution >= 4 is 34.3 Å². The third-order valence-electron chi connectivity index (χ3n) is 4.36. The highest BCUT2D eigenvalue weighted by Crippen LogP contribution is 2.17. The molecule has 0 saturated heterocycles. The summed E-state index contributed by atoms with van der Waals surface area (Å²) >= 11 is 0. The minimum Gasteiger partial charge on any atom is -0.369 e. The number of fused-ring (bicyclic) bond motifs is 1. The van der Waals surface area contributed by atoms with Gasteiger partial charge in [-0.25, -0.2) is 19.7 Å². The van der Waals surface area contributed by atoms with Gasteiger partial charge in [0.15, 0.2) is 5.65 Å². The van der Waals surface area contributed by atoms with Crippen molar-refractivity contribution in [2.24, 2.45) is 0 Å². The van der Waals surface area contributed by atoms with Gasteiger partial charge in [-0.2, -0.15) is 0 Å². The molecule has 3 N–H and O–H groups in total. The molecule has 0 atom stereocenters. The van der Waals surface area contributed by atoms with Crippen molar-refractivity contribution in [3.8, 4) is 0 Å². The van der Waals surface area contributed by atoms with Gasteiger partial charge in [0.25, 0.3) is 0 Å². The van der Waals surface area contributed by atoms with Gasteiger partial charge >= 0.3 is 6.03 Å². The number of hydrogen-bond donors (Lipinski definition) is 3. The average Bonchev–Trinajstić information content (AvgIpc) is 2.76. The number of anilines is 3. The first-order chi connectivity index (χ1) is 14.3. The molecule has 0 spiro atoms. The molecule has 29 heavy (non-hydrogen) atoms. The molecule has 0 aliphatic rings. The monoisotopic (exact) mass is 384 g/mol. The van der Waals surface area contributed by atoms with Crippen LogP contribution >= 0.6 is 0 Å². The quantitative estimate of drug-likeness (QED) is 0.460. The summed E-state index contributed by atoms with van der Waals surface area (Å²) in [5.41, 5.74) is 3.32. The Morgan fingerprint density at radius 1 is 0.793 bits per heavy atom. The molecule has 2 aromatic heterocycles. The summed E-state index contributed by atoms with van der Waals surface area (Å²) in [6, 6.07) is 20.7. The molecule has 2 aromatic carbocycles. The molecule has 4 rings (SSSR count). The highest BCUT2D eigenvalue weighted by molar-refractivity contribution is 5.99. The normalized spacial score (nSPS) is 10.5. The molecule has 4 aromatic rings. The van der Waals surface area contributed by atoms with E-state index in [2.05, 4.69) is 30.9 Å². The van der Waals surface area contributed by atoms with Gasteiger partial charge in [-0.05, 0) is 48.4 Å². The highest BCUT2D eigenvalue weighted by Gasteiger charge is 2.04. The van der Waals surface area contributed by atoms with Crippen LogP contribution in [0.15, 0.2) is 79.3 Å². The van der Waals surface area contributed by atoms with Crippen molar-refractivity contribution in [1.82, 2.24) is 15.0 Å². The van der Waals surface area contributed by atoms with Crippen molar-refractivity contribution in [3.05, 3.63) is 84.8 Å². The fourth-order valence-corrected chi connectivity index (χ4v) is 2.93. The van der Waals surface area contributed by atoms with E-state index in [1.807, 2.05) is 66.7 Å². The van der Waals surface area contributed by atoms with Crippen LogP contribution in [-0.2, 0) is 6.42 Å². The fourth-order valence-electron chi connectivity index (χ4n) is 2.93. The summed E-state index contributed by atoms with van der Waals surface area (Å²) in [6.45, 7) is 0.724. The number of carbonyl (C=O) groups is 1. The number of para-hydroxylation sites is 1. The lowest BCUT2D eigenvalue weighted by atomic mass is 10.1. The number of pyridine rings is 1. The second-order valence-corrected chi connectivity index (χ2v) is 6.42. The lowest BCUT2D eigenvalue weighted by molar-refractivity contribution is 0.262. The van der Waals surface area contributed by atoms with E-state index < -0.39 is 0 Å². The summed E-state index contributed by atoms with van der Waals surface area (Å²) in [7, 11) is 0. The van der Waals surface area contributed by atoms with Gasteiger partial charge in [0.05, 0.1) is 5.39 Å². The van der Waals surface area contributed by atoms with E-state index in [0.29, 0.717) is 5.65 Å². The van der Waals surface area contributed by atoms with Gasteiger partial charge < -0.3 is 16.0 Å². The Balaban J connectivity index is 1.30. The lowest BCUT2D eigenvalue weighted by Crippen LogP contribution is -2.19. The minimum absolute atomic E-state index is 0.269. The van der Waals surface area contributed by atoms with Gasteiger partial charge in [0.2, 0.25) is 0 Å². The van der Waals surface area contributed by atoms with Crippen LogP contribution < -0.4 is 16.0 Å². The highest BCUT2D eigenvalue weighted by atomic mass is 16.2. The summed E-state index contributed by atoms with van der Waals surface area (Å²) in [4.78, 5) is 24.8. The Morgan fingerprint density at radius 2 is 1.55 bits per heavy atom. The smallest absolute Gasteiger partial charge is 0.323 e. The Labute approximate surface area is 168 Å².